The van der Waals surface area contributed by atoms with Gasteiger partial charge in [-0.05, 0) is 12.8 Å². The average molecular weight is 583 g/mol. The first-order valence-corrected chi connectivity index (χ1v) is 17.0. The zero-order valence-corrected chi connectivity index (χ0v) is 25.5. The van der Waals surface area contributed by atoms with E-state index in [0.29, 0.717) is 13.0 Å². The first kappa shape index (κ1) is 36.7. The van der Waals surface area contributed by atoms with Crippen LogP contribution in [0, 0.1) is 0 Å². The molecule has 226 valence electrons. The molecule has 0 heterocycles. The number of alkyl carbamates (subject to hydrolysis) is 1. The largest absolute Gasteiger partial charge is 0.447 e. The molecule has 0 rings (SSSR count). The lowest BCUT2D eigenvalue weighted by molar-refractivity contribution is 0.134. The van der Waals surface area contributed by atoms with E-state index in [1.807, 2.05) is 0 Å². The highest BCUT2D eigenvalue weighted by atomic mass is 35.5. The second-order valence-corrected chi connectivity index (χ2v) is 12.3. The number of hydrogen-bond donors (Lipinski definition) is 4. The Kier molecular flexibility index (Phi) is 25.1. The van der Waals surface area contributed by atoms with Crippen LogP contribution in [0.2, 0.25) is 0 Å². The Balaban J connectivity index is 3.77. The molecule has 3 amide bonds. The molecule has 0 radical (unpaired) electrons. The predicted octanol–water partition coefficient (Wildman–Crippen LogP) is 5.82. The second-order valence-electron chi connectivity index (χ2n) is 9.96. The van der Waals surface area contributed by atoms with Crippen LogP contribution in [0.5, 0.6) is 0 Å². The molecule has 9 nitrogen and oxygen atoms in total. The number of carbonyl (C=O) groups excluding carboxylic acids is 2. The van der Waals surface area contributed by atoms with Gasteiger partial charge < -0.3 is 20.7 Å². The van der Waals surface area contributed by atoms with Crippen molar-refractivity contribution in [3.8, 4) is 0 Å². The van der Waals surface area contributed by atoms with E-state index in [-0.39, 0.29) is 24.8 Å². The summed E-state index contributed by atoms with van der Waals surface area (Å²) in [7, 11) is -2.07. The van der Waals surface area contributed by atoms with Crippen molar-refractivity contribution >= 4 is 33.7 Å². The van der Waals surface area contributed by atoms with E-state index in [0.717, 1.165) is 19.3 Å². The molecule has 0 saturated heterocycles. The number of unbranched alkanes of at least 4 members (excludes halogenated alkanes) is 15. The van der Waals surface area contributed by atoms with E-state index >= 15 is 0 Å². The molecule has 11 heteroatoms. The fourth-order valence-corrected chi connectivity index (χ4v) is 5.46. The normalized spacial score (nSPS) is 12.2. The van der Waals surface area contributed by atoms with E-state index in [9.17, 15) is 18.0 Å². The quantitative estimate of drug-likeness (QED) is 0.0755. The Bertz CT molecular complexity index is 682. The Hall–Kier alpha value is -1.26. The summed E-state index contributed by atoms with van der Waals surface area (Å²) in [6, 6.07) is -1.20. The van der Waals surface area contributed by atoms with Crippen molar-refractivity contribution in [1.82, 2.24) is 20.7 Å². The summed E-state index contributed by atoms with van der Waals surface area (Å²) in [5.41, 5.74) is 0. The summed E-state index contributed by atoms with van der Waals surface area (Å²) >= 11 is 5.55. The molecule has 0 aliphatic heterocycles. The lowest BCUT2D eigenvalue weighted by Gasteiger charge is -2.19. The van der Waals surface area contributed by atoms with Gasteiger partial charge in [-0.25, -0.2) is 22.7 Å². The smallest absolute Gasteiger partial charge is 0.407 e. The van der Waals surface area contributed by atoms with Gasteiger partial charge in [0.1, 0.15) is 6.61 Å². The molecule has 0 bridgehead atoms. The second kappa shape index (κ2) is 26.0. The Labute approximate surface area is 237 Å². The minimum absolute atomic E-state index is 0.0928. The zero-order chi connectivity index (χ0) is 28.3. The summed E-state index contributed by atoms with van der Waals surface area (Å²) in [4.78, 5) is 23.6. The third kappa shape index (κ3) is 25.0. The van der Waals surface area contributed by atoms with Crippen molar-refractivity contribution in [1.29, 1.82) is 0 Å². The first-order valence-electron chi connectivity index (χ1n) is 14.8. The summed E-state index contributed by atoms with van der Waals surface area (Å²) < 4.78 is 31.5. The molecule has 0 spiro atoms. The molecule has 1 unspecified atom stereocenters. The van der Waals surface area contributed by atoms with Crippen LogP contribution < -0.4 is 20.7 Å². The average Bonchev–Trinajstić information content (AvgIpc) is 2.90. The van der Waals surface area contributed by atoms with Crippen LogP contribution >= 0.6 is 11.6 Å². The molecule has 0 aromatic carbocycles. The number of nitrogens with one attached hydrogen (secondary N) is 4. The number of rotatable bonds is 26. The van der Waals surface area contributed by atoms with Gasteiger partial charge in [-0.2, -0.15) is 0 Å². The Morgan fingerprint density at radius 1 is 0.789 bits per heavy atom. The van der Waals surface area contributed by atoms with E-state index in [1.165, 1.54) is 90.5 Å². The minimum Gasteiger partial charge on any atom is -0.447 e. The summed E-state index contributed by atoms with van der Waals surface area (Å²) in [6.45, 7) is 2.54. The number of sulfonamides is 1. The number of urea groups is 1. The molecule has 0 saturated carbocycles. The molecule has 4 N–H and O–H groups in total. The maximum absolute atomic E-state index is 12.0. The van der Waals surface area contributed by atoms with Gasteiger partial charge in [0.05, 0.1) is 11.8 Å². The number of carbonyl (C=O) groups is 2. The molecule has 38 heavy (non-hydrogen) atoms. The van der Waals surface area contributed by atoms with Gasteiger partial charge in [0.2, 0.25) is 10.0 Å². The summed E-state index contributed by atoms with van der Waals surface area (Å²) in [6.07, 6.45) is 20.5. The van der Waals surface area contributed by atoms with E-state index < -0.39 is 28.2 Å². The molecule has 0 aliphatic carbocycles. The van der Waals surface area contributed by atoms with Crippen LogP contribution in [0.4, 0.5) is 9.59 Å². The Morgan fingerprint density at radius 2 is 1.29 bits per heavy atom. The van der Waals surface area contributed by atoms with Gasteiger partial charge in [0.25, 0.3) is 0 Å². The summed E-state index contributed by atoms with van der Waals surface area (Å²) in [5.74, 6) is 0.132. The first-order chi connectivity index (χ1) is 18.3. The third-order valence-corrected chi connectivity index (χ3v) is 8.07. The van der Waals surface area contributed by atoms with Gasteiger partial charge >= 0.3 is 12.1 Å². The number of ether oxygens (including phenoxy) is 1. The maximum atomic E-state index is 12.0. The monoisotopic (exact) mass is 582 g/mol. The van der Waals surface area contributed by atoms with E-state index in [2.05, 4.69) is 27.6 Å². The molecule has 1 atom stereocenters. The Morgan fingerprint density at radius 3 is 1.76 bits per heavy atom. The van der Waals surface area contributed by atoms with Crippen molar-refractivity contribution in [2.24, 2.45) is 0 Å². The minimum atomic E-state index is -3.52. The molecule has 0 fully saturated rings. The molecular formula is C27H55ClN4O5S. The molecule has 0 aliphatic rings. The maximum Gasteiger partial charge on any atom is 0.407 e. The number of alkyl halides is 1. The summed E-state index contributed by atoms with van der Waals surface area (Å²) in [5, 5.41) is 7.68. The number of halogens is 1. The van der Waals surface area contributed by atoms with Crippen molar-refractivity contribution < 1.29 is 22.7 Å². The van der Waals surface area contributed by atoms with Crippen molar-refractivity contribution in [3.63, 3.8) is 0 Å². The lowest BCUT2D eigenvalue weighted by Crippen LogP contribution is -2.50. The van der Waals surface area contributed by atoms with Gasteiger partial charge in [-0.15, -0.1) is 11.6 Å². The predicted molar refractivity (Wildman–Crippen MR) is 157 cm³/mol. The standard InChI is InChI=1S/C27H55ClN4O5S/c1-3-4-5-6-7-8-9-10-11-12-13-14-15-16-17-18-21-30-27(34)37-24-25(32-26(33)29-2)23-31-38(35,36)22-19-20-28/h25,31H,3-24H2,1-2H3,(H,30,34)(H2,29,32,33). The fourth-order valence-electron chi connectivity index (χ4n) is 4.04. The third-order valence-electron chi connectivity index (χ3n) is 6.37. The van der Waals surface area contributed by atoms with Crippen LogP contribution in [0.3, 0.4) is 0 Å². The van der Waals surface area contributed by atoms with Gasteiger partial charge in [-0.1, -0.05) is 103 Å². The van der Waals surface area contributed by atoms with Crippen LogP contribution in [-0.2, 0) is 14.8 Å². The van der Waals surface area contributed by atoms with Crippen LogP contribution in [-0.4, -0.2) is 65.0 Å². The van der Waals surface area contributed by atoms with Crippen molar-refractivity contribution in [3.05, 3.63) is 0 Å². The van der Waals surface area contributed by atoms with Gasteiger partial charge in [0, 0.05) is 26.0 Å². The van der Waals surface area contributed by atoms with Crippen molar-refractivity contribution in [2.75, 3.05) is 38.4 Å². The van der Waals surface area contributed by atoms with Crippen LogP contribution in [0.1, 0.15) is 116 Å². The zero-order valence-electron chi connectivity index (χ0n) is 24.0. The fraction of sp³-hybridized carbons (Fsp3) is 0.926. The topological polar surface area (TPSA) is 126 Å². The van der Waals surface area contributed by atoms with Crippen LogP contribution in [0.15, 0.2) is 0 Å². The van der Waals surface area contributed by atoms with E-state index in [1.54, 1.807) is 0 Å². The number of amides is 3. The highest BCUT2D eigenvalue weighted by Crippen LogP contribution is 2.13. The van der Waals surface area contributed by atoms with Gasteiger partial charge in [-0.3, -0.25) is 0 Å². The molecule has 0 aromatic heterocycles. The lowest BCUT2D eigenvalue weighted by atomic mass is 10.0. The highest BCUT2D eigenvalue weighted by Gasteiger charge is 2.18. The van der Waals surface area contributed by atoms with Gasteiger partial charge in [0.15, 0.2) is 0 Å². The molecule has 0 aromatic rings. The highest BCUT2D eigenvalue weighted by molar-refractivity contribution is 7.89. The van der Waals surface area contributed by atoms with Crippen molar-refractivity contribution in [2.45, 2.75) is 122 Å². The SMILES string of the molecule is CCCCCCCCCCCCCCCCCCNC(=O)OCC(CNS(=O)(=O)CCCCl)NC(=O)NC. The number of hydrogen-bond acceptors (Lipinski definition) is 5. The molecular weight excluding hydrogens is 528 g/mol. The van der Waals surface area contributed by atoms with E-state index in [4.69, 9.17) is 16.3 Å². The van der Waals surface area contributed by atoms with Crippen LogP contribution in [0.25, 0.3) is 0 Å².